The second-order valence-electron chi connectivity index (χ2n) is 4.21. The number of hydrogen-bond acceptors (Lipinski definition) is 0. The van der Waals surface area contributed by atoms with Crippen LogP contribution in [0.2, 0.25) is 0 Å². The van der Waals surface area contributed by atoms with Crippen molar-refractivity contribution in [3.63, 3.8) is 0 Å². The molecule has 3 rings (SSSR count). The third-order valence-electron chi connectivity index (χ3n) is 3.32. The van der Waals surface area contributed by atoms with Crippen LogP contribution in [0.15, 0.2) is 24.3 Å². The second kappa shape index (κ2) is 3.51. The Labute approximate surface area is 86.5 Å². The minimum atomic E-state index is 0.886. The van der Waals surface area contributed by atoms with E-state index in [-0.39, 0.29) is 0 Å². The summed E-state index contributed by atoms with van der Waals surface area (Å²) in [5, 5.41) is 4.68. The number of fused-ring (bicyclic) bond motifs is 1. The van der Waals surface area contributed by atoms with E-state index in [0.29, 0.717) is 0 Å². The molecule has 1 aliphatic carbocycles. The predicted octanol–water partition coefficient (Wildman–Crippen LogP) is 2.68. The van der Waals surface area contributed by atoms with Gasteiger partial charge in [0.25, 0.3) is 0 Å². The van der Waals surface area contributed by atoms with Crippen LogP contribution < -0.4 is 10.4 Å². The van der Waals surface area contributed by atoms with E-state index >= 15 is 0 Å². The zero-order valence-electron chi connectivity index (χ0n) is 8.24. The Morgan fingerprint density at radius 1 is 1.07 bits per heavy atom. The van der Waals surface area contributed by atoms with Crippen LogP contribution in [0.4, 0.5) is 0 Å². The van der Waals surface area contributed by atoms with Crippen molar-refractivity contribution in [1.29, 1.82) is 0 Å². The molecule has 1 aromatic rings. The van der Waals surface area contributed by atoms with Crippen LogP contribution in [-0.4, -0.2) is 0 Å². The molecule has 14 heavy (non-hydrogen) atoms. The summed E-state index contributed by atoms with van der Waals surface area (Å²) in [4.78, 5) is 0. The van der Waals surface area contributed by atoms with E-state index in [1.54, 1.807) is 5.31 Å². The van der Waals surface area contributed by atoms with Crippen molar-refractivity contribution in [1.82, 2.24) is 0 Å². The standard InChI is InChI=1S/C13H14P/c1-2-6-10(5-1)13-12-8-4-3-7-11(12)9-14-13/h3-4,7-10H,1-2,5-6H2. The molecule has 2 aliphatic rings. The Kier molecular flexibility index (Phi) is 2.18. The van der Waals surface area contributed by atoms with Crippen molar-refractivity contribution < 1.29 is 0 Å². The van der Waals surface area contributed by atoms with Gasteiger partial charge >= 0.3 is 0 Å². The summed E-state index contributed by atoms with van der Waals surface area (Å²) < 4.78 is 0. The summed E-state index contributed by atoms with van der Waals surface area (Å²) in [5.41, 5.74) is 0. The second-order valence-corrected chi connectivity index (χ2v) is 5.21. The van der Waals surface area contributed by atoms with Crippen molar-refractivity contribution >= 4 is 19.7 Å². The van der Waals surface area contributed by atoms with Gasteiger partial charge < -0.3 is 0 Å². The molecule has 0 aromatic heterocycles. The molecule has 1 fully saturated rings. The highest BCUT2D eigenvalue weighted by molar-refractivity contribution is 7.58. The lowest BCUT2D eigenvalue weighted by Gasteiger charge is -2.09. The SMILES string of the molecule is C1=c2ccccc2=C(C2CCCC2)[P]1. The highest BCUT2D eigenvalue weighted by Gasteiger charge is 2.21. The van der Waals surface area contributed by atoms with Gasteiger partial charge in [0.15, 0.2) is 0 Å². The maximum absolute atomic E-state index is 2.36. The highest BCUT2D eigenvalue weighted by Crippen LogP contribution is 2.42. The number of rotatable bonds is 1. The molecular formula is C13H14P. The van der Waals surface area contributed by atoms with Crippen molar-refractivity contribution in [3.8, 4) is 0 Å². The molecular weight excluding hydrogens is 187 g/mol. The molecule has 0 nitrogen and oxygen atoms in total. The molecule has 0 saturated heterocycles. The highest BCUT2D eigenvalue weighted by atomic mass is 31.1. The molecule has 1 radical (unpaired) electrons. The Bertz CT molecular complexity index is 452. The maximum atomic E-state index is 2.36. The molecule has 1 heteroatoms. The molecule has 0 spiro atoms. The molecule has 0 atom stereocenters. The van der Waals surface area contributed by atoms with Crippen LogP contribution in [0, 0.1) is 5.92 Å². The van der Waals surface area contributed by atoms with Crippen LogP contribution in [0.25, 0.3) is 11.1 Å². The Morgan fingerprint density at radius 2 is 1.86 bits per heavy atom. The average Bonchev–Trinajstić information content (AvgIpc) is 2.85. The van der Waals surface area contributed by atoms with E-state index in [2.05, 4.69) is 30.1 Å². The zero-order chi connectivity index (χ0) is 9.38. The lowest BCUT2D eigenvalue weighted by Crippen LogP contribution is -2.23. The van der Waals surface area contributed by atoms with Gasteiger partial charge in [-0.3, -0.25) is 0 Å². The molecule has 1 aliphatic heterocycles. The maximum Gasteiger partial charge on any atom is -0.0137 e. The zero-order valence-corrected chi connectivity index (χ0v) is 9.13. The van der Waals surface area contributed by atoms with E-state index in [9.17, 15) is 0 Å². The quantitative estimate of drug-likeness (QED) is 0.613. The number of benzene rings is 1. The average molecular weight is 201 g/mol. The van der Waals surface area contributed by atoms with E-state index in [1.165, 1.54) is 44.7 Å². The smallest absolute Gasteiger partial charge is 0.0137 e. The summed E-state index contributed by atoms with van der Waals surface area (Å²) in [6, 6.07) is 8.84. The molecule has 71 valence electrons. The monoisotopic (exact) mass is 201 g/mol. The van der Waals surface area contributed by atoms with Gasteiger partial charge in [0.1, 0.15) is 0 Å². The first-order valence-electron chi connectivity index (χ1n) is 5.45. The van der Waals surface area contributed by atoms with E-state index in [0.717, 1.165) is 5.92 Å². The first-order valence-corrected chi connectivity index (χ1v) is 6.42. The van der Waals surface area contributed by atoms with Gasteiger partial charge in [0, 0.05) is 0 Å². The van der Waals surface area contributed by atoms with Crippen molar-refractivity contribution in [2.75, 3.05) is 0 Å². The van der Waals surface area contributed by atoms with Gasteiger partial charge in [-0.05, 0) is 48.9 Å². The molecule has 0 bridgehead atoms. The lowest BCUT2D eigenvalue weighted by atomic mass is 10.1. The minimum Gasteiger partial charge on any atom is -0.0616 e. The van der Waals surface area contributed by atoms with Crippen LogP contribution >= 0.6 is 8.58 Å². The van der Waals surface area contributed by atoms with Gasteiger partial charge in [-0.1, -0.05) is 37.1 Å². The fourth-order valence-electron chi connectivity index (χ4n) is 2.58. The molecule has 1 saturated carbocycles. The lowest BCUT2D eigenvalue weighted by molar-refractivity contribution is 0.717. The summed E-state index contributed by atoms with van der Waals surface area (Å²) in [6.45, 7) is 0. The first-order chi connectivity index (χ1) is 6.95. The van der Waals surface area contributed by atoms with E-state index < -0.39 is 0 Å². The Hall–Kier alpha value is -0.610. The summed E-state index contributed by atoms with van der Waals surface area (Å²) >= 11 is 0. The Balaban J connectivity index is 2.14. The number of hydrogen-bond donors (Lipinski definition) is 0. The Morgan fingerprint density at radius 3 is 2.71 bits per heavy atom. The van der Waals surface area contributed by atoms with Crippen molar-refractivity contribution in [2.24, 2.45) is 5.92 Å². The fourth-order valence-corrected chi connectivity index (χ4v) is 3.89. The fraction of sp³-hybridized carbons (Fsp3) is 0.385. The van der Waals surface area contributed by atoms with Crippen molar-refractivity contribution in [3.05, 3.63) is 34.7 Å². The van der Waals surface area contributed by atoms with Gasteiger partial charge in [-0.15, -0.1) is 0 Å². The molecule has 1 heterocycles. The van der Waals surface area contributed by atoms with Crippen molar-refractivity contribution in [2.45, 2.75) is 25.7 Å². The van der Waals surface area contributed by atoms with Gasteiger partial charge in [-0.25, -0.2) is 0 Å². The largest absolute Gasteiger partial charge is 0.0616 e. The van der Waals surface area contributed by atoms with E-state index in [4.69, 9.17) is 0 Å². The van der Waals surface area contributed by atoms with Crippen LogP contribution in [0.1, 0.15) is 25.7 Å². The molecule has 1 aromatic carbocycles. The summed E-state index contributed by atoms with van der Waals surface area (Å²) in [6.07, 6.45) is 5.72. The van der Waals surface area contributed by atoms with E-state index in [1.807, 2.05) is 0 Å². The van der Waals surface area contributed by atoms with Gasteiger partial charge in [0.05, 0.1) is 0 Å². The predicted molar refractivity (Wildman–Crippen MR) is 62.4 cm³/mol. The van der Waals surface area contributed by atoms with Crippen LogP contribution in [0.5, 0.6) is 0 Å². The molecule has 0 unspecified atom stereocenters. The minimum absolute atomic E-state index is 0.886. The summed E-state index contributed by atoms with van der Waals surface area (Å²) in [7, 11) is 1.46. The van der Waals surface area contributed by atoms with Gasteiger partial charge in [-0.2, -0.15) is 0 Å². The third-order valence-corrected chi connectivity index (χ3v) is 4.61. The third kappa shape index (κ3) is 1.33. The van der Waals surface area contributed by atoms with Crippen LogP contribution in [0.3, 0.4) is 0 Å². The molecule has 0 amide bonds. The first kappa shape index (κ1) is 8.68. The molecule has 0 N–H and O–H groups in total. The van der Waals surface area contributed by atoms with Crippen LogP contribution in [-0.2, 0) is 0 Å². The normalized spacial score (nSPS) is 22.7. The summed E-state index contributed by atoms with van der Waals surface area (Å²) in [5.74, 6) is 3.25. The van der Waals surface area contributed by atoms with Gasteiger partial charge in [0.2, 0.25) is 0 Å². The topological polar surface area (TPSA) is 0 Å².